The number of ether oxygens (including phenoxy) is 2. The SMILES string of the molecule is CCCCOCCn1cnc(C(=O)OC)c1N. The highest BCUT2D eigenvalue weighted by molar-refractivity contribution is 5.91. The summed E-state index contributed by atoms with van der Waals surface area (Å²) in [5, 5.41) is 0. The molecular weight excluding hydrogens is 222 g/mol. The minimum Gasteiger partial charge on any atom is -0.464 e. The summed E-state index contributed by atoms with van der Waals surface area (Å²) in [6, 6.07) is 0. The molecule has 6 nitrogen and oxygen atoms in total. The number of methoxy groups -OCH3 is 1. The smallest absolute Gasteiger partial charge is 0.360 e. The van der Waals surface area contributed by atoms with E-state index in [1.54, 1.807) is 4.57 Å². The van der Waals surface area contributed by atoms with Crippen molar-refractivity contribution in [1.29, 1.82) is 0 Å². The summed E-state index contributed by atoms with van der Waals surface area (Å²) < 4.78 is 11.6. The van der Waals surface area contributed by atoms with Crippen molar-refractivity contribution in [3.63, 3.8) is 0 Å². The summed E-state index contributed by atoms with van der Waals surface area (Å²) in [6.07, 6.45) is 3.68. The van der Waals surface area contributed by atoms with Gasteiger partial charge in [0.1, 0.15) is 5.82 Å². The van der Waals surface area contributed by atoms with Gasteiger partial charge in [-0.2, -0.15) is 0 Å². The molecule has 0 amide bonds. The fourth-order valence-electron chi connectivity index (χ4n) is 1.34. The van der Waals surface area contributed by atoms with Crippen LogP contribution in [0.15, 0.2) is 6.33 Å². The lowest BCUT2D eigenvalue weighted by molar-refractivity contribution is 0.0595. The summed E-state index contributed by atoms with van der Waals surface area (Å²) in [6.45, 7) is 4.00. The number of nitrogens with two attached hydrogens (primary N) is 1. The average Bonchev–Trinajstić information content (AvgIpc) is 2.70. The van der Waals surface area contributed by atoms with Crippen molar-refractivity contribution in [3.05, 3.63) is 12.0 Å². The van der Waals surface area contributed by atoms with Crippen LogP contribution in [0.25, 0.3) is 0 Å². The molecule has 0 aliphatic heterocycles. The molecule has 0 aliphatic carbocycles. The van der Waals surface area contributed by atoms with Crippen LogP contribution >= 0.6 is 0 Å². The number of carbonyl (C=O) groups excluding carboxylic acids is 1. The Morgan fingerprint density at radius 2 is 2.29 bits per heavy atom. The molecule has 1 aromatic heterocycles. The Balaban J connectivity index is 2.44. The molecule has 0 aliphatic rings. The number of nitrogen functional groups attached to an aromatic ring is 1. The van der Waals surface area contributed by atoms with Gasteiger partial charge in [-0.15, -0.1) is 0 Å². The molecule has 0 bridgehead atoms. The summed E-state index contributed by atoms with van der Waals surface area (Å²) in [5.74, 6) is -0.205. The van der Waals surface area contributed by atoms with Gasteiger partial charge in [0.2, 0.25) is 0 Å². The molecule has 0 fully saturated rings. The summed E-state index contributed by atoms with van der Waals surface area (Å²) in [4.78, 5) is 15.2. The molecule has 17 heavy (non-hydrogen) atoms. The summed E-state index contributed by atoms with van der Waals surface area (Å²) in [7, 11) is 1.30. The number of esters is 1. The third kappa shape index (κ3) is 3.74. The van der Waals surface area contributed by atoms with Crippen molar-refractivity contribution >= 4 is 11.8 Å². The van der Waals surface area contributed by atoms with Crippen LogP contribution in [0.2, 0.25) is 0 Å². The molecule has 2 N–H and O–H groups in total. The van der Waals surface area contributed by atoms with Crippen LogP contribution in [0.4, 0.5) is 5.82 Å². The number of carbonyl (C=O) groups is 1. The van der Waals surface area contributed by atoms with Crippen LogP contribution in [-0.2, 0) is 16.0 Å². The predicted molar refractivity (Wildman–Crippen MR) is 63.7 cm³/mol. The number of nitrogens with zero attached hydrogens (tertiary/aromatic N) is 2. The molecule has 0 spiro atoms. The normalized spacial score (nSPS) is 10.5. The minimum absolute atomic E-state index is 0.154. The fourth-order valence-corrected chi connectivity index (χ4v) is 1.34. The zero-order valence-electron chi connectivity index (χ0n) is 10.3. The lowest BCUT2D eigenvalue weighted by Gasteiger charge is -2.06. The number of aromatic nitrogens is 2. The minimum atomic E-state index is -0.520. The van der Waals surface area contributed by atoms with Crippen LogP contribution in [0, 0.1) is 0 Å². The molecule has 96 valence electrons. The Morgan fingerprint density at radius 3 is 2.94 bits per heavy atom. The first-order valence-corrected chi connectivity index (χ1v) is 5.67. The van der Waals surface area contributed by atoms with Crippen LogP contribution < -0.4 is 5.73 Å². The molecule has 0 atom stereocenters. The first-order chi connectivity index (χ1) is 8.20. The topological polar surface area (TPSA) is 79.4 Å². The average molecular weight is 241 g/mol. The maximum Gasteiger partial charge on any atom is 0.360 e. The van der Waals surface area contributed by atoms with E-state index in [0.29, 0.717) is 19.0 Å². The zero-order valence-corrected chi connectivity index (χ0v) is 10.3. The van der Waals surface area contributed by atoms with E-state index >= 15 is 0 Å². The fraction of sp³-hybridized carbons (Fsp3) is 0.636. The van der Waals surface area contributed by atoms with Gasteiger partial charge >= 0.3 is 5.97 Å². The van der Waals surface area contributed by atoms with E-state index < -0.39 is 5.97 Å². The number of unbranched alkanes of at least 4 members (excludes halogenated alkanes) is 1. The van der Waals surface area contributed by atoms with Crippen LogP contribution in [0.5, 0.6) is 0 Å². The van der Waals surface area contributed by atoms with E-state index in [4.69, 9.17) is 10.5 Å². The van der Waals surface area contributed by atoms with Gasteiger partial charge in [0, 0.05) is 13.2 Å². The van der Waals surface area contributed by atoms with E-state index in [1.165, 1.54) is 13.4 Å². The van der Waals surface area contributed by atoms with Crippen LogP contribution in [0.3, 0.4) is 0 Å². The maximum atomic E-state index is 11.3. The highest BCUT2D eigenvalue weighted by Gasteiger charge is 2.15. The highest BCUT2D eigenvalue weighted by Crippen LogP contribution is 2.10. The Labute approximate surface area is 101 Å². The van der Waals surface area contributed by atoms with E-state index in [1.807, 2.05) is 0 Å². The van der Waals surface area contributed by atoms with Crippen molar-refractivity contribution < 1.29 is 14.3 Å². The largest absolute Gasteiger partial charge is 0.464 e. The quantitative estimate of drug-likeness (QED) is 0.570. The van der Waals surface area contributed by atoms with Gasteiger partial charge in [-0.3, -0.25) is 0 Å². The Kier molecular flexibility index (Phi) is 5.48. The van der Waals surface area contributed by atoms with E-state index in [2.05, 4.69) is 16.6 Å². The van der Waals surface area contributed by atoms with Crippen LogP contribution in [-0.4, -0.2) is 35.8 Å². The van der Waals surface area contributed by atoms with Gasteiger partial charge < -0.3 is 19.8 Å². The molecule has 0 saturated heterocycles. The number of imidazole rings is 1. The molecule has 1 aromatic rings. The van der Waals surface area contributed by atoms with Gasteiger partial charge in [0.25, 0.3) is 0 Å². The Hall–Kier alpha value is -1.56. The molecule has 0 radical (unpaired) electrons. The Bertz CT molecular complexity index is 363. The van der Waals surface area contributed by atoms with Gasteiger partial charge in [-0.1, -0.05) is 13.3 Å². The third-order valence-electron chi connectivity index (χ3n) is 2.38. The standard InChI is InChI=1S/C11H19N3O3/c1-3-4-6-17-7-5-14-8-13-9(10(14)12)11(15)16-2/h8H,3-7,12H2,1-2H3. The summed E-state index contributed by atoms with van der Waals surface area (Å²) in [5.41, 5.74) is 5.92. The van der Waals surface area contributed by atoms with Crippen molar-refractivity contribution in [2.75, 3.05) is 26.1 Å². The number of anilines is 1. The van der Waals surface area contributed by atoms with Crippen molar-refractivity contribution in [3.8, 4) is 0 Å². The molecule has 0 saturated carbocycles. The molecular formula is C11H19N3O3. The monoisotopic (exact) mass is 241 g/mol. The molecule has 6 heteroatoms. The second-order valence-corrected chi connectivity index (χ2v) is 3.63. The number of hydrogen-bond donors (Lipinski definition) is 1. The molecule has 1 rings (SSSR count). The predicted octanol–water partition coefficient (Wildman–Crippen LogP) is 1.07. The van der Waals surface area contributed by atoms with Crippen LogP contribution in [0.1, 0.15) is 30.3 Å². The summed E-state index contributed by atoms with van der Waals surface area (Å²) >= 11 is 0. The van der Waals surface area contributed by atoms with E-state index in [0.717, 1.165) is 19.4 Å². The number of rotatable bonds is 7. The van der Waals surface area contributed by atoms with Gasteiger partial charge in [-0.25, -0.2) is 9.78 Å². The van der Waals surface area contributed by atoms with E-state index in [9.17, 15) is 4.79 Å². The first kappa shape index (κ1) is 13.5. The van der Waals surface area contributed by atoms with Crippen molar-refractivity contribution in [1.82, 2.24) is 9.55 Å². The first-order valence-electron chi connectivity index (χ1n) is 5.67. The van der Waals surface area contributed by atoms with Crippen molar-refractivity contribution in [2.45, 2.75) is 26.3 Å². The molecule has 0 unspecified atom stereocenters. The Morgan fingerprint density at radius 1 is 1.53 bits per heavy atom. The number of hydrogen-bond acceptors (Lipinski definition) is 5. The van der Waals surface area contributed by atoms with Crippen molar-refractivity contribution in [2.24, 2.45) is 0 Å². The van der Waals surface area contributed by atoms with Gasteiger partial charge in [0.15, 0.2) is 5.69 Å². The third-order valence-corrected chi connectivity index (χ3v) is 2.38. The second kappa shape index (κ2) is 6.90. The maximum absolute atomic E-state index is 11.3. The highest BCUT2D eigenvalue weighted by atomic mass is 16.5. The second-order valence-electron chi connectivity index (χ2n) is 3.63. The van der Waals surface area contributed by atoms with Gasteiger partial charge in [0.05, 0.1) is 20.0 Å². The molecule has 0 aromatic carbocycles. The lowest BCUT2D eigenvalue weighted by Crippen LogP contribution is -2.11. The lowest BCUT2D eigenvalue weighted by atomic mass is 10.4. The molecule has 1 heterocycles. The van der Waals surface area contributed by atoms with Gasteiger partial charge in [-0.05, 0) is 6.42 Å². The van der Waals surface area contributed by atoms with E-state index in [-0.39, 0.29) is 5.69 Å². The zero-order chi connectivity index (χ0) is 12.7.